The van der Waals surface area contributed by atoms with Crippen LogP contribution >= 0.6 is 27.5 Å². The number of hydrogen-bond donors (Lipinski definition) is 1. The van der Waals surface area contributed by atoms with Crippen LogP contribution in [0, 0.1) is 0 Å². The topological polar surface area (TPSA) is 38.3 Å². The summed E-state index contributed by atoms with van der Waals surface area (Å²) in [5.74, 6) is -0.206. The van der Waals surface area contributed by atoms with E-state index in [-0.39, 0.29) is 18.1 Å². The van der Waals surface area contributed by atoms with Gasteiger partial charge in [-0.3, -0.25) is 4.79 Å². The van der Waals surface area contributed by atoms with Crippen molar-refractivity contribution in [3.05, 3.63) is 27.7 Å². The second kappa shape index (κ2) is 5.85. The molecule has 0 spiro atoms. The van der Waals surface area contributed by atoms with Crippen LogP contribution in [0.5, 0.6) is 0 Å². The summed E-state index contributed by atoms with van der Waals surface area (Å²) in [5, 5.41) is 3.28. The van der Waals surface area contributed by atoms with Gasteiger partial charge in [-0.05, 0) is 48.8 Å². The first-order valence-corrected chi connectivity index (χ1v) is 6.34. The molecule has 0 bridgehead atoms. The van der Waals surface area contributed by atoms with Gasteiger partial charge in [-0.1, -0.05) is 17.7 Å². The van der Waals surface area contributed by atoms with E-state index in [1.165, 1.54) is 0 Å². The average molecular weight is 321 g/mol. The molecule has 0 heterocycles. The van der Waals surface area contributed by atoms with Gasteiger partial charge < -0.3 is 10.1 Å². The minimum atomic E-state index is -0.330. The number of benzene rings is 1. The molecule has 94 valence electrons. The Morgan fingerprint density at radius 2 is 2.12 bits per heavy atom. The summed E-state index contributed by atoms with van der Waals surface area (Å²) >= 11 is 9.23. The van der Waals surface area contributed by atoms with Gasteiger partial charge in [0, 0.05) is 0 Å². The lowest BCUT2D eigenvalue weighted by atomic mass is 10.2. The van der Waals surface area contributed by atoms with Gasteiger partial charge in [-0.25, -0.2) is 0 Å². The van der Waals surface area contributed by atoms with Gasteiger partial charge in [0.25, 0.3) is 0 Å². The van der Waals surface area contributed by atoms with E-state index in [2.05, 4.69) is 21.2 Å². The molecule has 0 saturated heterocycles. The number of hydrogen-bond acceptors (Lipinski definition) is 2. The minimum Gasteiger partial charge on any atom is -0.366 e. The Hall–Kier alpha value is -0.580. The number of nitrogens with one attached hydrogen (secondary N) is 1. The number of rotatable bonds is 3. The Kier molecular flexibility index (Phi) is 4.98. The molecule has 5 heteroatoms. The second-order valence-corrected chi connectivity index (χ2v) is 5.75. The van der Waals surface area contributed by atoms with Crippen molar-refractivity contribution in [2.75, 3.05) is 11.9 Å². The van der Waals surface area contributed by atoms with Crippen LogP contribution in [0.1, 0.15) is 20.8 Å². The summed E-state index contributed by atoms with van der Waals surface area (Å²) in [6, 6.07) is 5.28. The molecule has 0 aliphatic heterocycles. The molecule has 0 unspecified atom stereocenters. The Bertz CT molecular complexity index is 415. The molecule has 17 heavy (non-hydrogen) atoms. The molecule has 1 aromatic rings. The number of anilines is 1. The van der Waals surface area contributed by atoms with Gasteiger partial charge in [-0.2, -0.15) is 0 Å². The predicted molar refractivity (Wildman–Crippen MR) is 73.5 cm³/mol. The van der Waals surface area contributed by atoms with E-state index in [0.717, 1.165) is 0 Å². The highest BCUT2D eigenvalue weighted by Gasteiger charge is 2.14. The normalized spacial score (nSPS) is 11.4. The van der Waals surface area contributed by atoms with Crippen molar-refractivity contribution >= 4 is 39.1 Å². The third-order valence-electron chi connectivity index (χ3n) is 1.86. The molecular weight excluding hydrogens is 305 g/mol. The number of halogens is 2. The van der Waals surface area contributed by atoms with Gasteiger partial charge in [0.05, 0.1) is 20.8 Å². The molecule has 3 nitrogen and oxygen atoms in total. The number of carbonyl (C=O) groups excluding carboxylic acids is 1. The van der Waals surface area contributed by atoms with E-state index in [0.29, 0.717) is 15.2 Å². The third-order valence-corrected chi connectivity index (χ3v) is 3.26. The maximum absolute atomic E-state index is 11.6. The summed E-state index contributed by atoms with van der Waals surface area (Å²) < 4.78 is 6.05. The first-order valence-electron chi connectivity index (χ1n) is 5.17. The fraction of sp³-hybridized carbons (Fsp3) is 0.417. The fourth-order valence-electron chi connectivity index (χ4n) is 1.07. The van der Waals surface area contributed by atoms with Crippen molar-refractivity contribution in [1.82, 2.24) is 0 Å². The van der Waals surface area contributed by atoms with Gasteiger partial charge in [0.1, 0.15) is 6.61 Å². The molecule has 0 aliphatic rings. The first kappa shape index (κ1) is 14.5. The van der Waals surface area contributed by atoms with E-state index in [1.54, 1.807) is 18.2 Å². The zero-order valence-electron chi connectivity index (χ0n) is 10.0. The van der Waals surface area contributed by atoms with E-state index in [4.69, 9.17) is 16.3 Å². The zero-order valence-corrected chi connectivity index (χ0v) is 12.4. The van der Waals surface area contributed by atoms with E-state index >= 15 is 0 Å². The average Bonchev–Trinajstić information content (AvgIpc) is 2.21. The predicted octanol–water partition coefficient (Wildman–Crippen LogP) is 3.86. The van der Waals surface area contributed by atoms with Crippen molar-refractivity contribution < 1.29 is 9.53 Å². The Balaban J connectivity index is 2.60. The molecule has 0 fully saturated rings. The molecule has 0 aliphatic carbocycles. The first-order chi connectivity index (χ1) is 7.79. The minimum absolute atomic E-state index is 0.0163. The summed E-state index contributed by atoms with van der Waals surface area (Å²) in [5.41, 5.74) is 0.308. The number of amides is 1. The monoisotopic (exact) mass is 319 g/mol. The quantitative estimate of drug-likeness (QED) is 0.918. The molecule has 1 rings (SSSR count). The zero-order chi connectivity index (χ0) is 13.1. The highest BCUT2D eigenvalue weighted by atomic mass is 79.9. The van der Waals surface area contributed by atoms with Crippen LogP contribution in [0.4, 0.5) is 5.69 Å². The summed E-state index contributed by atoms with van der Waals surface area (Å²) in [7, 11) is 0. The van der Waals surface area contributed by atoms with Crippen molar-refractivity contribution in [3.8, 4) is 0 Å². The standard InChI is InChI=1S/C12H15BrClNO2/c1-12(2,3)17-7-10(16)15-9-6-4-5-8(14)11(9)13/h4-6H,7H2,1-3H3,(H,15,16). The molecule has 0 saturated carbocycles. The van der Waals surface area contributed by atoms with Gasteiger partial charge in [0.15, 0.2) is 0 Å². The van der Waals surface area contributed by atoms with E-state index in [1.807, 2.05) is 20.8 Å². The smallest absolute Gasteiger partial charge is 0.250 e. The maximum Gasteiger partial charge on any atom is 0.250 e. The Morgan fingerprint density at radius 1 is 1.47 bits per heavy atom. The van der Waals surface area contributed by atoms with E-state index in [9.17, 15) is 4.79 Å². The summed E-state index contributed by atoms with van der Waals surface area (Å²) in [6.45, 7) is 5.71. The summed E-state index contributed by atoms with van der Waals surface area (Å²) in [6.07, 6.45) is 0. The van der Waals surface area contributed by atoms with Crippen LogP contribution < -0.4 is 5.32 Å². The molecule has 1 N–H and O–H groups in total. The van der Waals surface area contributed by atoms with Crippen LogP contribution in [-0.2, 0) is 9.53 Å². The lowest BCUT2D eigenvalue weighted by Gasteiger charge is -2.19. The van der Waals surface area contributed by atoms with Crippen LogP contribution in [0.15, 0.2) is 22.7 Å². The van der Waals surface area contributed by atoms with Crippen LogP contribution in [0.3, 0.4) is 0 Å². The third kappa shape index (κ3) is 5.06. The highest BCUT2D eigenvalue weighted by Crippen LogP contribution is 2.29. The molecule has 0 radical (unpaired) electrons. The lowest BCUT2D eigenvalue weighted by molar-refractivity contribution is -0.125. The Labute approximate surface area is 115 Å². The molecule has 0 atom stereocenters. The van der Waals surface area contributed by atoms with Gasteiger partial charge in [-0.15, -0.1) is 0 Å². The lowest BCUT2D eigenvalue weighted by Crippen LogP contribution is -2.27. The maximum atomic E-state index is 11.6. The van der Waals surface area contributed by atoms with Gasteiger partial charge >= 0.3 is 0 Å². The number of carbonyl (C=O) groups is 1. The van der Waals surface area contributed by atoms with Crippen LogP contribution in [-0.4, -0.2) is 18.1 Å². The van der Waals surface area contributed by atoms with Gasteiger partial charge in [0.2, 0.25) is 5.91 Å². The van der Waals surface area contributed by atoms with Crippen molar-refractivity contribution in [1.29, 1.82) is 0 Å². The second-order valence-electron chi connectivity index (χ2n) is 4.55. The molecule has 1 aromatic carbocycles. The van der Waals surface area contributed by atoms with Crippen molar-refractivity contribution in [2.24, 2.45) is 0 Å². The van der Waals surface area contributed by atoms with E-state index < -0.39 is 0 Å². The van der Waals surface area contributed by atoms with Crippen molar-refractivity contribution in [3.63, 3.8) is 0 Å². The largest absolute Gasteiger partial charge is 0.366 e. The molecule has 1 amide bonds. The fourth-order valence-corrected chi connectivity index (χ4v) is 1.61. The summed E-state index contributed by atoms with van der Waals surface area (Å²) in [4.78, 5) is 11.6. The Morgan fingerprint density at radius 3 is 2.71 bits per heavy atom. The molecule has 0 aromatic heterocycles. The molecular formula is C12H15BrClNO2. The van der Waals surface area contributed by atoms with Crippen molar-refractivity contribution in [2.45, 2.75) is 26.4 Å². The SMILES string of the molecule is CC(C)(C)OCC(=O)Nc1cccc(Cl)c1Br. The number of ether oxygens (including phenoxy) is 1. The highest BCUT2D eigenvalue weighted by molar-refractivity contribution is 9.10. The van der Waals surface area contributed by atoms with Crippen LogP contribution in [0.2, 0.25) is 5.02 Å². The van der Waals surface area contributed by atoms with Crippen LogP contribution in [0.25, 0.3) is 0 Å².